The highest BCUT2D eigenvalue weighted by Gasteiger charge is 2.17. The topological polar surface area (TPSA) is 80.3 Å². The van der Waals surface area contributed by atoms with Crippen molar-refractivity contribution in [2.45, 2.75) is 54.4 Å². The van der Waals surface area contributed by atoms with E-state index in [0.29, 0.717) is 34.1 Å². The average Bonchev–Trinajstić information content (AvgIpc) is 2.98. The molecule has 6 nitrogen and oxygen atoms in total. The van der Waals surface area contributed by atoms with Gasteiger partial charge in [0.05, 0.1) is 22.5 Å². The van der Waals surface area contributed by atoms with Gasteiger partial charge in [-0.3, -0.25) is 9.59 Å². The van der Waals surface area contributed by atoms with Crippen LogP contribution in [-0.2, 0) is 4.74 Å². The van der Waals surface area contributed by atoms with E-state index in [4.69, 9.17) is 21.3 Å². The molecule has 0 bridgehead atoms. The number of pyridine rings is 1. The molecule has 1 heterocycles. The summed E-state index contributed by atoms with van der Waals surface area (Å²) in [6.07, 6.45) is 3.42. The summed E-state index contributed by atoms with van der Waals surface area (Å²) in [6, 6.07) is 20.2. The van der Waals surface area contributed by atoms with E-state index in [-0.39, 0.29) is 11.8 Å². The van der Waals surface area contributed by atoms with Crippen molar-refractivity contribution < 1.29 is 14.3 Å². The second-order valence-corrected chi connectivity index (χ2v) is 11.2. The maximum absolute atomic E-state index is 13.6. The summed E-state index contributed by atoms with van der Waals surface area (Å²) in [6.45, 7) is 12.4. The van der Waals surface area contributed by atoms with E-state index >= 15 is 0 Å². The van der Waals surface area contributed by atoms with Gasteiger partial charge in [-0.05, 0) is 108 Å². The van der Waals surface area contributed by atoms with Crippen LogP contribution in [0.2, 0.25) is 5.02 Å². The predicted octanol–water partition coefficient (Wildman–Crippen LogP) is 9.17. The summed E-state index contributed by atoms with van der Waals surface area (Å²) < 4.78 is 5.88. The van der Waals surface area contributed by atoms with Crippen LogP contribution in [0.15, 0.2) is 89.9 Å². The van der Waals surface area contributed by atoms with Gasteiger partial charge in [-0.15, -0.1) is 0 Å². The van der Waals surface area contributed by atoms with E-state index in [0.717, 1.165) is 57.5 Å². The number of amides is 2. The van der Waals surface area contributed by atoms with Crippen molar-refractivity contribution in [1.82, 2.24) is 10.3 Å². The first-order valence-corrected chi connectivity index (χ1v) is 14.8. The molecule has 2 N–H and O–H groups in total. The predicted molar refractivity (Wildman–Crippen MR) is 177 cm³/mol. The first-order chi connectivity index (χ1) is 20.6. The summed E-state index contributed by atoms with van der Waals surface area (Å²) in [5, 5.41) is 7.29. The van der Waals surface area contributed by atoms with E-state index in [9.17, 15) is 9.59 Å². The number of nitrogens with zero attached hydrogens (tertiary/aromatic N) is 1. The molecule has 0 saturated carbocycles. The molecule has 0 aliphatic rings. The fourth-order valence-electron chi connectivity index (χ4n) is 4.79. The second kappa shape index (κ2) is 14.2. The van der Waals surface area contributed by atoms with Crippen LogP contribution >= 0.6 is 11.6 Å². The SMILES string of the molecule is C/C=C(/C)OC(CCCNC(=O)c1ccc(NC(=O)c2cc(-c3ccccc3Cl)nc3c(C)cc(C)cc23)cc1)=C(C)C. The number of carbonyl (C=O) groups is 2. The van der Waals surface area contributed by atoms with Gasteiger partial charge in [-0.2, -0.15) is 0 Å². The van der Waals surface area contributed by atoms with Gasteiger partial charge in [0, 0.05) is 40.2 Å². The number of benzene rings is 3. The van der Waals surface area contributed by atoms with Crippen molar-refractivity contribution in [3.63, 3.8) is 0 Å². The first kappa shape index (κ1) is 31.5. The molecule has 3 aromatic carbocycles. The van der Waals surface area contributed by atoms with Crippen LogP contribution in [0.4, 0.5) is 5.69 Å². The Labute approximate surface area is 258 Å². The van der Waals surface area contributed by atoms with E-state index in [1.54, 1.807) is 30.3 Å². The van der Waals surface area contributed by atoms with Crippen molar-refractivity contribution in [3.8, 4) is 11.3 Å². The van der Waals surface area contributed by atoms with Crippen LogP contribution in [-0.4, -0.2) is 23.3 Å². The quantitative estimate of drug-likeness (QED) is 0.141. The third kappa shape index (κ3) is 7.90. The molecule has 0 aliphatic carbocycles. The Morgan fingerprint density at radius 2 is 1.67 bits per heavy atom. The first-order valence-electron chi connectivity index (χ1n) is 14.4. The number of aromatic nitrogens is 1. The summed E-state index contributed by atoms with van der Waals surface area (Å²) >= 11 is 6.48. The number of ether oxygens (including phenoxy) is 1. The zero-order chi connectivity index (χ0) is 31.1. The van der Waals surface area contributed by atoms with Crippen molar-refractivity contribution >= 4 is 40.0 Å². The number of allylic oxidation sites excluding steroid dienone is 4. The van der Waals surface area contributed by atoms with Crippen molar-refractivity contribution in [2.75, 3.05) is 11.9 Å². The molecule has 4 rings (SSSR count). The Morgan fingerprint density at radius 3 is 2.35 bits per heavy atom. The van der Waals surface area contributed by atoms with Crippen LogP contribution in [0.3, 0.4) is 0 Å². The number of nitrogens with one attached hydrogen (secondary N) is 2. The smallest absolute Gasteiger partial charge is 0.256 e. The molecule has 7 heteroatoms. The number of carbonyl (C=O) groups excluding carboxylic acids is 2. The van der Waals surface area contributed by atoms with Crippen molar-refractivity contribution in [3.05, 3.63) is 117 Å². The second-order valence-electron chi connectivity index (χ2n) is 10.8. The van der Waals surface area contributed by atoms with E-state index in [2.05, 4.69) is 16.7 Å². The Kier molecular flexibility index (Phi) is 10.4. The number of anilines is 1. The van der Waals surface area contributed by atoms with Gasteiger partial charge >= 0.3 is 0 Å². The summed E-state index contributed by atoms with van der Waals surface area (Å²) in [4.78, 5) is 31.2. The number of halogens is 1. The maximum atomic E-state index is 13.6. The lowest BCUT2D eigenvalue weighted by molar-refractivity contribution is 0.0952. The molecule has 222 valence electrons. The normalized spacial score (nSPS) is 11.3. The zero-order valence-corrected chi connectivity index (χ0v) is 26.4. The standard InChI is InChI=1S/C36H38ClN3O3/c1-7-25(6)43-33(22(2)3)13-10-18-38-35(41)26-14-16-27(17-15-26)39-36(42)30-21-32(28-11-8-9-12-31(28)37)40-34-24(5)19-23(4)20-29(30)34/h7-9,11-12,14-17,19-21H,10,13,18H2,1-6H3,(H,38,41)(H,39,42)/b25-7-. The Morgan fingerprint density at radius 1 is 0.953 bits per heavy atom. The van der Waals surface area contributed by atoms with Gasteiger partial charge in [-0.25, -0.2) is 4.98 Å². The Balaban J connectivity index is 1.47. The van der Waals surface area contributed by atoms with Gasteiger partial charge in [0.25, 0.3) is 11.8 Å². The minimum absolute atomic E-state index is 0.169. The number of fused-ring (bicyclic) bond motifs is 1. The monoisotopic (exact) mass is 595 g/mol. The van der Waals surface area contributed by atoms with E-state index in [1.165, 1.54) is 0 Å². The lowest BCUT2D eigenvalue weighted by atomic mass is 9.99. The summed E-state index contributed by atoms with van der Waals surface area (Å²) in [5.41, 5.74) is 6.87. The average molecular weight is 596 g/mol. The molecular weight excluding hydrogens is 558 g/mol. The summed E-state index contributed by atoms with van der Waals surface area (Å²) in [7, 11) is 0. The third-order valence-corrected chi connectivity index (χ3v) is 7.49. The molecule has 0 atom stereocenters. The van der Waals surface area contributed by atoms with Gasteiger partial charge in [0.15, 0.2) is 0 Å². The number of hydrogen-bond acceptors (Lipinski definition) is 4. The highest BCUT2D eigenvalue weighted by atomic mass is 35.5. The zero-order valence-electron chi connectivity index (χ0n) is 25.6. The Bertz CT molecular complexity index is 1720. The van der Waals surface area contributed by atoms with Crippen LogP contribution in [0, 0.1) is 13.8 Å². The van der Waals surface area contributed by atoms with Crippen LogP contribution in [0.25, 0.3) is 22.2 Å². The lowest BCUT2D eigenvalue weighted by Gasteiger charge is -2.14. The van der Waals surface area contributed by atoms with Gasteiger partial charge in [-0.1, -0.05) is 41.4 Å². The highest BCUT2D eigenvalue weighted by Crippen LogP contribution is 2.32. The molecule has 0 spiro atoms. The largest absolute Gasteiger partial charge is 0.467 e. The maximum Gasteiger partial charge on any atom is 0.256 e. The number of aryl methyl sites for hydroxylation is 2. The molecular formula is C36H38ClN3O3. The van der Waals surface area contributed by atoms with Gasteiger partial charge < -0.3 is 15.4 Å². The van der Waals surface area contributed by atoms with E-state index < -0.39 is 0 Å². The van der Waals surface area contributed by atoms with Crippen molar-refractivity contribution in [2.24, 2.45) is 0 Å². The fourth-order valence-corrected chi connectivity index (χ4v) is 5.02. The van der Waals surface area contributed by atoms with Crippen molar-refractivity contribution in [1.29, 1.82) is 0 Å². The molecule has 2 amide bonds. The number of hydrogen-bond donors (Lipinski definition) is 2. The molecule has 43 heavy (non-hydrogen) atoms. The molecule has 4 aromatic rings. The number of rotatable bonds is 10. The minimum Gasteiger partial charge on any atom is -0.467 e. The fraction of sp³-hybridized carbons (Fsp3) is 0.250. The van der Waals surface area contributed by atoms with Crippen LogP contribution < -0.4 is 10.6 Å². The highest BCUT2D eigenvalue weighted by molar-refractivity contribution is 6.33. The van der Waals surface area contributed by atoms with Gasteiger partial charge in [0.2, 0.25) is 0 Å². The molecule has 0 fully saturated rings. The lowest BCUT2D eigenvalue weighted by Crippen LogP contribution is -2.24. The molecule has 1 aromatic heterocycles. The third-order valence-electron chi connectivity index (χ3n) is 7.16. The molecule has 0 aliphatic heterocycles. The Hall–Kier alpha value is -4.42. The van der Waals surface area contributed by atoms with Gasteiger partial charge in [0.1, 0.15) is 5.76 Å². The van der Waals surface area contributed by atoms with E-state index in [1.807, 2.05) is 78.0 Å². The molecule has 0 radical (unpaired) electrons. The molecule has 0 unspecified atom stereocenters. The molecule has 0 saturated heterocycles. The summed E-state index contributed by atoms with van der Waals surface area (Å²) in [5.74, 6) is 1.35. The van der Waals surface area contributed by atoms with Crippen LogP contribution in [0.5, 0.6) is 0 Å². The van der Waals surface area contributed by atoms with Crippen LogP contribution in [0.1, 0.15) is 72.4 Å². The minimum atomic E-state index is -0.270.